The maximum Gasteiger partial charge on any atom is 0.249 e. The van der Waals surface area contributed by atoms with E-state index in [0.717, 1.165) is 29.4 Å². The summed E-state index contributed by atoms with van der Waals surface area (Å²) in [5.74, 6) is 1.20. The van der Waals surface area contributed by atoms with Gasteiger partial charge in [-0.1, -0.05) is 12.1 Å². The summed E-state index contributed by atoms with van der Waals surface area (Å²) in [6, 6.07) is 8.74. The molecule has 3 aromatic heterocycles. The second kappa shape index (κ2) is 7.23. The summed E-state index contributed by atoms with van der Waals surface area (Å²) in [6.07, 6.45) is 7.50. The maximum absolute atomic E-state index is 6.41. The van der Waals surface area contributed by atoms with Gasteiger partial charge in [-0.2, -0.15) is 0 Å². The van der Waals surface area contributed by atoms with Gasteiger partial charge in [0.2, 0.25) is 11.8 Å². The van der Waals surface area contributed by atoms with E-state index in [1.165, 1.54) is 22.0 Å². The van der Waals surface area contributed by atoms with Crippen molar-refractivity contribution in [1.29, 1.82) is 0 Å². The topological polar surface area (TPSA) is 69.2 Å². The Morgan fingerprint density at radius 1 is 1.22 bits per heavy atom. The zero-order chi connectivity index (χ0) is 22.0. The first kappa shape index (κ1) is 20.1. The number of piperidine rings is 1. The number of rotatable bonds is 3. The van der Waals surface area contributed by atoms with Crippen molar-refractivity contribution in [1.82, 2.24) is 24.6 Å². The van der Waals surface area contributed by atoms with Crippen LogP contribution in [-0.4, -0.2) is 51.4 Å². The average Bonchev–Trinajstić information content (AvgIpc) is 3.41. The molecule has 8 heteroatoms. The molecule has 0 N–H and O–H groups in total. The Bertz CT molecular complexity index is 1330. The summed E-state index contributed by atoms with van der Waals surface area (Å²) in [5.41, 5.74) is 4.27. The molecular weight excluding hydrogens is 470 g/mol. The quantitative estimate of drug-likeness (QED) is 0.424. The van der Waals surface area contributed by atoms with Gasteiger partial charge < -0.3 is 13.7 Å². The highest BCUT2D eigenvalue weighted by Crippen LogP contribution is 2.51. The highest BCUT2D eigenvalue weighted by molar-refractivity contribution is 9.10. The standard InChI is InChI=1S/C24H24BrN5O2/c1-29-12-15-8-20-24(31-3,18-5-4-6-19(29)21(15)18)9-16(13-30(20)2)23-28-27-22(32-23)14-7-17(25)11-26-10-14/h4-7,10-12,16,20H,8-9,13H2,1-3H3/t16?,20-,24+/m1/s1. The first-order chi connectivity index (χ1) is 15.5. The predicted octanol–water partition coefficient (Wildman–Crippen LogP) is 4.27. The number of aryl methyl sites for hydroxylation is 1. The van der Waals surface area contributed by atoms with Crippen molar-refractivity contribution in [3.8, 4) is 11.5 Å². The minimum Gasteiger partial charge on any atom is -0.420 e. The fraction of sp³-hybridized carbons (Fsp3) is 0.375. The normalized spacial score (nSPS) is 25.2. The van der Waals surface area contributed by atoms with E-state index in [1.807, 2.05) is 13.2 Å². The Morgan fingerprint density at radius 2 is 2.09 bits per heavy atom. The number of ether oxygens (including phenoxy) is 1. The lowest BCUT2D eigenvalue weighted by Gasteiger charge is -2.52. The van der Waals surface area contributed by atoms with Crippen LogP contribution in [0.5, 0.6) is 0 Å². The molecule has 4 heterocycles. The van der Waals surface area contributed by atoms with E-state index >= 15 is 0 Å². The fourth-order valence-corrected chi connectivity index (χ4v) is 6.17. The number of methoxy groups -OCH3 is 1. The number of hydrogen-bond acceptors (Lipinski definition) is 6. The van der Waals surface area contributed by atoms with Crippen LogP contribution in [0.25, 0.3) is 22.4 Å². The van der Waals surface area contributed by atoms with Crippen LogP contribution in [0, 0.1) is 0 Å². The molecule has 7 nitrogen and oxygen atoms in total. The molecule has 0 bridgehead atoms. The van der Waals surface area contributed by atoms with Gasteiger partial charge in [0.25, 0.3) is 0 Å². The average molecular weight is 494 g/mol. The molecule has 1 saturated heterocycles. The molecule has 6 rings (SSSR count). The monoisotopic (exact) mass is 493 g/mol. The molecule has 1 unspecified atom stereocenters. The lowest BCUT2D eigenvalue weighted by Crippen LogP contribution is -2.58. The Hall–Kier alpha value is -2.55. The highest BCUT2D eigenvalue weighted by Gasteiger charge is 2.52. The molecule has 1 aromatic carbocycles. The Morgan fingerprint density at radius 3 is 2.91 bits per heavy atom. The third-order valence-corrected chi connectivity index (χ3v) is 7.63. The maximum atomic E-state index is 6.41. The van der Waals surface area contributed by atoms with Crippen LogP contribution >= 0.6 is 15.9 Å². The van der Waals surface area contributed by atoms with E-state index in [-0.39, 0.29) is 12.0 Å². The van der Waals surface area contributed by atoms with E-state index in [2.05, 4.69) is 79.1 Å². The van der Waals surface area contributed by atoms with Crippen molar-refractivity contribution in [3.63, 3.8) is 0 Å². The SMILES string of the molecule is CO[C@]12CC(c3nnc(-c4cncc(Br)c4)o3)CN(C)[C@@H]1Cc1cn(C)c3cccc2c13. The third kappa shape index (κ3) is 2.82. The summed E-state index contributed by atoms with van der Waals surface area (Å²) < 4.78 is 15.7. The number of nitrogens with zero attached hydrogens (tertiary/aromatic N) is 5. The van der Waals surface area contributed by atoms with Gasteiger partial charge in [-0.3, -0.25) is 9.88 Å². The molecule has 0 spiro atoms. The second-order valence-electron chi connectivity index (χ2n) is 8.96. The van der Waals surface area contributed by atoms with Crippen LogP contribution in [0.2, 0.25) is 0 Å². The lowest BCUT2D eigenvalue weighted by molar-refractivity contribution is -0.117. The van der Waals surface area contributed by atoms with Crippen molar-refractivity contribution in [3.05, 3.63) is 64.3 Å². The van der Waals surface area contributed by atoms with Crippen LogP contribution < -0.4 is 0 Å². The van der Waals surface area contributed by atoms with Gasteiger partial charge in [0.15, 0.2) is 0 Å². The number of fused-ring (bicyclic) bond motifs is 2. The molecule has 3 atom stereocenters. The molecule has 1 aliphatic heterocycles. The van der Waals surface area contributed by atoms with E-state index in [4.69, 9.17) is 9.15 Å². The van der Waals surface area contributed by atoms with E-state index in [0.29, 0.717) is 11.8 Å². The zero-order valence-corrected chi connectivity index (χ0v) is 19.8. The van der Waals surface area contributed by atoms with Crippen molar-refractivity contribution in [2.24, 2.45) is 7.05 Å². The van der Waals surface area contributed by atoms with Crippen LogP contribution in [0.15, 0.2) is 51.7 Å². The number of likely N-dealkylation sites (tertiary alicyclic amines) is 1. The van der Waals surface area contributed by atoms with Gasteiger partial charge in [-0.05, 0) is 59.1 Å². The molecular formula is C24H24BrN5O2. The van der Waals surface area contributed by atoms with Crippen molar-refractivity contribution in [2.45, 2.75) is 30.4 Å². The van der Waals surface area contributed by atoms with Crippen molar-refractivity contribution in [2.75, 3.05) is 20.7 Å². The van der Waals surface area contributed by atoms with Crippen LogP contribution in [0.3, 0.4) is 0 Å². The molecule has 32 heavy (non-hydrogen) atoms. The fourth-order valence-electron chi connectivity index (χ4n) is 5.80. The molecule has 4 aromatic rings. The van der Waals surface area contributed by atoms with Crippen LogP contribution in [0.4, 0.5) is 0 Å². The zero-order valence-electron chi connectivity index (χ0n) is 18.2. The lowest BCUT2D eigenvalue weighted by atomic mass is 9.68. The molecule has 1 aliphatic carbocycles. The Kier molecular flexibility index (Phi) is 4.54. The number of halogens is 1. The molecule has 1 fully saturated rings. The summed E-state index contributed by atoms with van der Waals surface area (Å²) in [4.78, 5) is 6.61. The van der Waals surface area contributed by atoms with Gasteiger partial charge in [-0.15, -0.1) is 10.2 Å². The van der Waals surface area contributed by atoms with Gasteiger partial charge >= 0.3 is 0 Å². The summed E-state index contributed by atoms with van der Waals surface area (Å²) in [6.45, 7) is 0.840. The summed E-state index contributed by atoms with van der Waals surface area (Å²) in [5, 5.41) is 10.1. The van der Waals surface area contributed by atoms with E-state index < -0.39 is 5.60 Å². The first-order valence-electron chi connectivity index (χ1n) is 10.8. The number of aromatic nitrogens is 4. The Balaban J connectivity index is 1.43. The third-order valence-electron chi connectivity index (χ3n) is 7.20. The second-order valence-corrected chi connectivity index (χ2v) is 9.87. The van der Waals surface area contributed by atoms with Crippen molar-refractivity contribution < 1.29 is 9.15 Å². The van der Waals surface area contributed by atoms with Crippen LogP contribution in [-0.2, 0) is 23.8 Å². The highest BCUT2D eigenvalue weighted by atomic mass is 79.9. The first-order valence-corrected chi connectivity index (χ1v) is 11.6. The number of hydrogen-bond donors (Lipinski definition) is 0. The van der Waals surface area contributed by atoms with Gasteiger partial charge in [-0.25, -0.2) is 0 Å². The predicted molar refractivity (Wildman–Crippen MR) is 124 cm³/mol. The van der Waals surface area contributed by atoms with Gasteiger partial charge in [0.1, 0.15) is 5.60 Å². The largest absolute Gasteiger partial charge is 0.420 e. The minimum atomic E-state index is -0.433. The molecule has 2 aliphatic rings. The molecule has 0 radical (unpaired) electrons. The van der Waals surface area contributed by atoms with Gasteiger partial charge in [0.05, 0.1) is 11.5 Å². The van der Waals surface area contributed by atoms with E-state index in [1.54, 1.807) is 12.4 Å². The molecule has 0 amide bonds. The van der Waals surface area contributed by atoms with Crippen LogP contribution in [0.1, 0.15) is 29.4 Å². The van der Waals surface area contributed by atoms with E-state index in [9.17, 15) is 0 Å². The van der Waals surface area contributed by atoms with Gasteiger partial charge in [0, 0.05) is 60.7 Å². The molecule has 0 saturated carbocycles. The Labute approximate surface area is 194 Å². The smallest absolute Gasteiger partial charge is 0.249 e. The number of likely N-dealkylation sites (N-methyl/N-ethyl adjacent to an activating group) is 1. The molecule has 164 valence electrons. The number of benzene rings is 1. The minimum absolute atomic E-state index is 0.0677. The summed E-state index contributed by atoms with van der Waals surface area (Å²) >= 11 is 3.46. The van der Waals surface area contributed by atoms with Crippen molar-refractivity contribution >= 4 is 26.8 Å². The summed E-state index contributed by atoms with van der Waals surface area (Å²) in [7, 11) is 6.13. The number of pyridine rings is 1.